The molecule has 1 aliphatic heterocycles. The first-order valence-corrected chi connectivity index (χ1v) is 10.4. The average Bonchev–Trinajstić information content (AvgIpc) is 3.05. The number of carbonyl (C=O) groups excluding carboxylic acids is 1. The molecule has 1 amide bonds. The summed E-state index contributed by atoms with van der Waals surface area (Å²) >= 11 is 12.4. The van der Waals surface area contributed by atoms with Crippen molar-refractivity contribution < 1.29 is 4.79 Å². The van der Waals surface area contributed by atoms with Crippen molar-refractivity contribution in [2.24, 2.45) is 0 Å². The Bertz CT molecular complexity index is 1050. The minimum atomic E-state index is -0.0344. The van der Waals surface area contributed by atoms with Crippen molar-refractivity contribution in [1.82, 2.24) is 19.2 Å². The van der Waals surface area contributed by atoms with Crippen molar-refractivity contribution >= 4 is 40.8 Å². The van der Waals surface area contributed by atoms with Crippen LogP contribution in [0.2, 0.25) is 10.0 Å². The van der Waals surface area contributed by atoms with Gasteiger partial charge in [-0.05, 0) is 18.6 Å². The number of carbonyl (C=O) groups is 1. The zero-order chi connectivity index (χ0) is 20.4. The second kappa shape index (κ2) is 8.57. The van der Waals surface area contributed by atoms with Crippen molar-refractivity contribution in [3.8, 4) is 0 Å². The van der Waals surface area contributed by atoms with Crippen molar-refractivity contribution in [1.29, 1.82) is 0 Å². The van der Waals surface area contributed by atoms with Crippen molar-refractivity contribution in [3.63, 3.8) is 0 Å². The number of pyridine rings is 1. The van der Waals surface area contributed by atoms with Gasteiger partial charge in [-0.1, -0.05) is 65.7 Å². The molecule has 0 unspecified atom stereocenters. The molecule has 1 aliphatic rings. The number of benzene rings is 1. The Morgan fingerprint density at radius 1 is 1.14 bits per heavy atom. The minimum absolute atomic E-state index is 0.0344. The fourth-order valence-corrected chi connectivity index (χ4v) is 4.14. The number of aromatic nitrogens is 2. The van der Waals surface area contributed by atoms with Crippen LogP contribution in [-0.4, -0.2) is 57.8 Å². The molecule has 0 spiro atoms. The first-order chi connectivity index (χ1) is 14.0. The maximum Gasteiger partial charge on any atom is 0.272 e. The minimum Gasteiger partial charge on any atom is -0.335 e. The van der Waals surface area contributed by atoms with Gasteiger partial charge in [-0.25, -0.2) is 4.98 Å². The molecular formula is C22H22Cl2N4O. The van der Waals surface area contributed by atoms with Gasteiger partial charge in [0.1, 0.15) is 5.69 Å². The largest absolute Gasteiger partial charge is 0.335 e. The van der Waals surface area contributed by atoms with Gasteiger partial charge in [0.2, 0.25) is 0 Å². The van der Waals surface area contributed by atoms with Crippen LogP contribution in [0.3, 0.4) is 0 Å². The van der Waals surface area contributed by atoms with E-state index < -0.39 is 0 Å². The first-order valence-electron chi connectivity index (χ1n) is 9.60. The Hall–Kier alpha value is -2.34. The summed E-state index contributed by atoms with van der Waals surface area (Å²) in [4.78, 5) is 21.9. The zero-order valence-electron chi connectivity index (χ0n) is 16.2. The third kappa shape index (κ3) is 4.32. The number of fused-ring (bicyclic) bond motifs is 1. The maximum absolute atomic E-state index is 13.2. The summed E-state index contributed by atoms with van der Waals surface area (Å²) in [5.74, 6) is -0.0344. The summed E-state index contributed by atoms with van der Waals surface area (Å²) in [6, 6.07) is 11.9. The van der Waals surface area contributed by atoms with E-state index in [4.69, 9.17) is 23.2 Å². The number of piperazine rings is 1. The van der Waals surface area contributed by atoms with Crippen molar-refractivity contribution in [2.75, 3.05) is 32.7 Å². The normalized spacial score (nSPS) is 15.5. The predicted octanol–water partition coefficient (Wildman–Crippen LogP) is 4.42. The zero-order valence-corrected chi connectivity index (χ0v) is 17.7. The number of imidazole rings is 1. The molecule has 5 nitrogen and oxygen atoms in total. The van der Waals surface area contributed by atoms with Gasteiger partial charge in [0.05, 0.1) is 15.7 Å². The molecule has 0 bridgehead atoms. The number of aryl methyl sites for hydroxylation is 1. The SMILES string of the molecule is Cc1nc2c(Cl)cc(Cl)cn2c1C(=O)N1CCN(C/C=C/c2ccccc2)CC1. The van der Waals surface area contributed by atoms with E-state index in [0.29, 0.717) is 40.2 Å². The summed E-state index contributed by atoms with van der Waals surface area (Å²) in [5, 5.41) is 0.915. The Labute approximate surface area is 180 Å². The highest BCUT2D eigenvalue weighted by Crippen LogP contribution is 2.25. The van der Waals surface area contributed by atoms with Crippen LogP contribution in [0.15, 0.2) is 48.7 Å². The van der Waals surface area contributed by atoms with E-state index in [1.165, 1.54) is 5.56 Å². The average molecular weight is 429 g/mol. The Morgan fingerprint density at radius 3 is 2.59 bits per heavy atom. The molecule has 4 rings (SSSR count). The lowest BCUT2D eigenvalue weighted by Gasteiger charge is -2.34. The van der Waals surface area contributed by atoms with E-state index in [2.05, 4.69) is 34.2 Å². The summed E-state index contributed by atoms with van der Waals surface area (Å²) in [6.07, 6.45) is 6.00. The van der Waals surface area contributed by atoms with Gasteiger partial charge in [-0.15, -0.1) is 0 Å². The molecule has 3 heterocycles. The number of hydrogen-bond donors (Lipinski definition) is 0. The molecule has 7 heteroatoms. The molecule has 0 atom stereocenters. The van der Waals surface area contributed by atoms with Crippen LogP contribution >= 0.6 is 23.2 Å². The number of rotatable bonds is 4. The van der Waals surface area contributed by atoms with E-state index in [-0.39, 0.29) is 5.91 Å². The second-order valence-corrected chi connectivity index (χ2v) is 8.00. The summed E-state index contributed by atoms with van der Waals surface area (Å²) < 4.78 is 1.71. The maximum atomic E-state index is 13.2. The molecular weight excluding hydrogens is 407 g/mol. The number of halogens is 2. The van der Waals surface area contributed by atoms with Crippen molar-refractivity contribution in [3.05, 3.63) is 75.7 Å². The Morgan fingerprint density at radius 2 is 1.86 bits per heavy atom. The lowest BCUT2D eigenvalue weighted by atomic mass is 10.2. The molecule has 1 aromatic carbocycles. The highest BCUT2D eigenvalue weighted by Gasteiger charge is 2.26. The summed E-state index contributed by atoms with van der Waals surface area (Å²) in [7, 11) is 0. The fraction of sp³-hybridized carbons (Fsp3) is 0.273. The summed E-state index contributed by atoms with van der Waals surface area (Å²) in [5.41, 5.74) is 2.94. The van der Waals surface area contributed by atoms with Crippen LogP contribution in [0.5, 0.6) is 0 Å². The van der Waals surface area contributed by atoms with Crippen LogP contribution in [0.1, 0.15) is 21.7 Å². The third-order valence-electron chi connectivity index (χ3n) is 5.15. The van der Waals surface area contributed by atoms with Crippen molar-refractivity contribution in [2.45, 2.75) is 6.92 Å². The predicted molar refractivity (Wildman–Crippen MR) is 118 cm³/mol. The first kappa shape index (κ1) is 20.0. The topological polar surface area (TPSA) is 40.9 Å². The van der Waals surface area contributed by atoms with E-state index in [1.807, 2.05) is 30.0 Å². The highest BCUT2D eigenvalue weighted by molar-refractivity contribution is 6.36. The van der Waals surface area contributed by atoms with Gasteiger partial charge < -0.3 is 4.90 Å². The van der Waals surface area contributed by atoms with E-state index in [0.717, 1.165) is 19.6 Å². The van der Waals surface area contributed by atoms with Crippen LogP contribution in [0.4, 0.5) is 0 Å². The van der Waals surface area contributed by atoms with Gasteiger partial charge in [-0.3, -0.25) is 14.1 Å². The van der Waals surface area contributed by atoms with Gasteiger partial charge in [0.15, 0.2) is 5.65 Å². The monoisotopic (exact) mass is 428 g/mol. The molecule has 1 saturated heterocycles. The van der Waals surface area contributed by atoms with Crippen LogP contribution < -0.4 is 0 Å². The van der Waals surface area contributed by atoms with E-state index in [9.17, 15) is 4.79 Å². The molecule has 29 heavy (non-hydrogen) atoms. The lowest BCUT2D eigenvalue weighted by molar-refractivity contribution is 0.0642. The van der Waals surface area contributed by atoms with E-state index >= 15 is 0 Å². The van der Waals surface area contributed by atoms with Crippen LogP contribution in [-0.2, 0) is 0 Å². The standard InChI is InChI=1S/C22H22Cl2N4O/c1-16-20(28-15-18(23)14-19(24)21(28)25-16)22(29)27-12-10-26(11-13-27)9-5-8-17-6-3-2-4-7-17/h2-8,14-15H,9-13H2,1H3/b8-5+. The number of hydrogen-bond acceptors (Lipinski definition) is 3. The molecule has 0 N–H and O–H groups in total. The van der Waals surface area contributed by atoms with E-state index in [1.54, 1.807) is 16.7 Å². The molecule has 0 radical (unpaired) electrons. The molecule has 3 aromatic rings. The molecule has 2 aromatic heterocycles. The summed E-state index contributed by atoms with van der Waals surface area (Å²) in [6.45, 7) is 5.73. The second-order valence-electron chi connectivity index (χ2n) is 7.15. The van der Waals surface area contributed by atoms with Crippen LogP contribution in [0.25, 0.3) is 11.7 Å². The lowest BCUT2D eigenvalue weighted by Crippen LogP contribution is -2.49. The molecule has 0 saturated carbocycles. The molecule has 0 aliphatic carbocycles. The third-order valence-corrected chi connectivity index (χ3v) is 5.64. The van der Waals surface area contributed by atoms with Gasteiger partial charge in [0, 0.05) is 38.9 Å². The van der Waals surface area contributed by atoms with Gasteiger partial charge >= 0.3 is 0 Å². The van der Waals surface area contributed by atoms with Crippen LogP contribution in [0, 0.1) is 6.92 Å². The Kier molecular flexibility index (Phi) is 5.90. The molecule has 1 fully saturated rings. The number of nitrogens with zero attached hydrogens (tertiary/aromatic N) is 4. The molecule has 150 valence electrons. The fourth-order valence-electron chi connectivity index (χ4n) is 3.63. The number of amides is 1. The Balaban J connectivity index is 1.41. The van der Waals surface area contributed by atoms with Gasteiger partial charge in [-0.2, -0.15) is 0 Å². The quantitative estimate of drug-likeness (QED) is 0.617. The highest BCUT2D eigenvalue weighted by atomic mass is 35.5. The smallest absolute Gasteiger partial charge is 0.272 e. The van der Waals surface area contributed by atoms with Gasteiger partial charge in [0.25, 0.3) is 5.91 Å².